The van der Waals surface area contributed by atoms with E-state index in [1.165, 1.54) is 17.7 Å². The van der Waals surface area contributed by atoms with Gasteiger partial charge in [0.05, 0.1) is 17.1 Å². The van der Waals surface area contributed by atoms with Crippen molar-refractivity contribution in [1.29, 1.82) is 0 Å². The largest absolute Gasteiger partial charge is 0.492 e. The summed E-state index contributed by atoms with van der Waals surface area (Å²) in [5.74, 6) is -0.341. The second-order valence-electron chi connectivity index (χ2n) is 9.27. The van der Waals surface area contributed by atoms with Crippen LogP contribution >= 0.6 is 0 Å². The molecule has 0 unspecified atom stereocenters. The number of ether oxygens (including phenoxy) is 1. The second kappa shape index (κ2) is 10.9. The lowest BCUT2D eigenvalue weighted by atomic mass is 9.87. The van der Waals surface area contributed by atoms with E-state index in [1.54, 1.807) is 24.3 Å². The van der Waals surface area contributed by atoms with Crippen LogP contribution in [0.2, 0.25) is 0 Å². The summed E-state index contributed by atoms with van der Waals surface area (Å²) in [5, 5.41) is 2.70. The van der Waals surface area contributed by atoms with Crippen molar-refractivity contribution in [3.8, 4) is 5.75 Å². The van der Waals surface area contributed by atoms with Crippen LogP contribution in [0, 0.1) is 12.7 Å². The molecule has 0 saturated heterocycles. The number of carbonyl (C=O) groups is 1. The summed E-state index contributed by atoms with van der Waals surface area (Å²) in [7, 11) is -4.09. The van der Waals surface area contributed by atoms with Crippen LogP contribution in [-0.4, -0.2) is 34.0 Å². The second-order valence-corrected chi connectivity index (χ2v) is 11.1. The predicted molar refractivity (Wildman–Crippen MR) is 136 cm³/mol. The quantitative estimate of drug-likeness (QED) is 0.429. The van der Waals surface area contributed by atoms with Gasteiger partial charge in [-0.2, -0.15) is 0 Å². The minimum absolute atomic E-state index is 0.0457. The molecule has 6 nitrogen and oxygen atoms in total. The number of rotatable bonds is 9. The Kier molecular flexibility index (Phi) is 8.17. The van der Waals surface area contributed by atoms with Crippen LogP contribution in [0.3, 0.4) is 0 Å². The van der Waals surface area contributed by atoms with E-state index in [4.69, 9.17) is 4.74 Å². The third-order valence-corrected chi connectivity index (χ3v) is 7.21. The topological polar surface area (TPSA) is 75.7 Å². The van der Waals surface area contributed by atoms with Gasteiger partial charge < -0.3 is 10.1 Å². The van der Waals surface area contributed by atoms with Crippen molar-refractivity contribution in [1.82, 2.24) is 5.32 Å². The first-order valence-corrected chi connectivity index (χ1v) is 12.8. The van der Waals surface area contributed by atoms with Gasteiger partial charge in [0, 0.05) is 0 Å². The summed E-state index contributed by atoms with van der Waals surface area (Å²) >= 11 is 0. The first kappa shape index (κ1) is 26.2. The van der Waals surface area contributed by atoms with Gasteiger partial charge in [-0.25, -0.2) is 12.8 Å². The Hall–Kier alpha value is -3.39. The standard InChI is InChI=1S/C27H31FN2O4S/c1-20-5-11-23(12-6-20)30(35(32,33)25-15-9-22(28)10-16-25)19-26(31)29-17-18-34-24-13-7-21(8-14-24)27(2,3)4/h5-16H,17-19H2,1-4H3,(H,29,31). The maximum Gasteiger partial charge on any atom is 0.264 e. The first-order chi connectivity index (χ1) is 16.5. The van der Waals surface area contributed by atoms with E-state index in [0.29, 0.717) is 11.4 Å². The van der Waals surface area contributed by atoms with Gasteiger partial charge in [-0.1, -0.05) is 50.6 Å². The number of hydrogen-bond acceptors (Lipinski definition) is 4. The van der Waals surface area contributed by atoms with Crippen LogP contribution in [-0.2, 0) is 20.2 Å². The third kappa shape index (κ3) is 7.05. The van der Waals surface area contributed by atoms with Crippen LogP contribution in [0.25, 0.3) is 0 Å². The van der Waals surface area contributed by atoms with E-state index in [2.05, 4.69) is 26.1 Å². The van der Waals surface area contributed by atoms with Gasteiger partial charge in [0.2, 0.25) is 5.91 Å². The lowest BCUT2D eigenvalue weighted by molar-refractivity contribution is -0.119. The summed E-state index contributed by atoms with van der Waals surface area (Å²) in [4.78, 5) is 12.6. The Bertz CT molecular complexity index is 1230. The summed E-state index contributed by atoms with van der Waals surface area (Å²) < 4.78 is 46.6. The molecule has 186 valence electrons. The zero-order valence-corrected chi connectivity index (χ0v) is 21.2. The molecule has 0 aromatic heterocycles. The van der Waals surface area contributed by atoms with Crippen molar-refractivity contribution in [3.05, 3.63) is 89.7 Å². The molecule has 0 heterocycles. The zero-order valence-electron chi connectivity index (χ0n) is 20.4. The molecule has 0 atom stereocenters. The molecular weight excluding hydrogens is 467 g/mol. The molecule has 0 fully saturated rings. The average Bonchev–Trinajstić information content (AvgIpc) is 2.81. The summed E-state index contributed by atoms with van der Waals surface area (Å²) in [6.07, 6.45) is 0. The molecule has 0 radical (unpaired) electrons. The highest BCUT2D eigenvalue weighted by Gasteiger charge is 2.27. The number of sulfonamides is 1. The number of nitrogens with one attached hydrogen (secondary N) is 1. The highest BCUT2D eigenvalue weighted by atomic mass is 32.2. The Morgan fingerprint density at radius 2 is 1.54 bits per heavy atom. The molecule has 1 N–H and O–H groups in total. The monoisotopic (exact) mass is 498 g/mol. The molecule has 0 aliphatic heterocycles. The van der Waals surface area contributed by atoms with Gasteiger partial charge in [0.15, 0.2) is 0 Å². The number of aryl methyl sites for hydroxylation is 1. The minimum atomic E-state index is -4.09. The molecule has 1 amide bonds. The molecular formula is C27H31FN2O4S. The van der Waals surface area contributed by atoms with Gasteiger partial charge in [-0.15, -0.1) is 0 Å². The van der Waals surface area contributed by atoms with Gasteiger partial charge in [-0.3, -0.25) is 9.10 Å². The molecule has 3 aromatic rings. The summed E-state index contributed by atoms with van der Waals surface area (Å²) in [6.45, 7) is 8.29. The molecule has 8 heteroatoms. The molecule has 0 bridgehead atoms. The lowest BCUT2D eigenvalue weighted by Gasteiger charge is -2.24. The van der Waals surface area contributed by atoms with E-state index in [9.17, 15) is 17.6 Å². The fourth-order valence-corrected chi connectivity index (χ4v) is 4.78. The molecule has 3 rings (SSSR count). The van der Waals surface area contributed by atoms with Crippen molar-refractivity contribution in [2.45, 2.75) is 38.0 Å². The molecule has 35 heavy (non-hydrogen) atoms. The molecule has 0 saturated carbocycles. The number of carbonyl (C=O) groups excluding carboxylic acids is 1. The lowest BCUT2D eigenvalue weighted by Crippen LogP contribution is -2.41. The van der Waals surface area contributed by atoms with E-state index in [-0.39, 0.29) is 23.5 Å². The van der Waals surface area contributed by atoms with Crippen molar-refractivity contribution < 1.29 is 22.3 Å². The fourth-order valence-electron chi connectivity index (χ4n) is 3.36. The molecule has 3 aromatic carbocycles. The Labute approximate surface area is 206 Å². The number of halogens is 1. The van der Waals surface area contributed by atoms with Crippen molar-refractivity contribution in [2.75, 3.05) is 24.0 Å². The number of amides is 1. The van der Waals surface area contributed by atoms with E-state index < -0.39 is 28.3 Å². The zero-order chi connectivity index (χ0) is 25.6. The first-order valence-electron chi connectivity index (χ1n) is 11.3. The van der Waals surface area contributed by atoms with Gasteiger partial charge >= 0.3 is 0 Å². The number of hydrogen-bond donors (Lipinski definition) is 1. The highest BCUT2D eigenvalue weighted by Crippen LogP contribution is 2.25. The maximum atomic E-state index is 13.3. The smallest absolute Gasteiger partial charge is 0.264 e. The minimum Gasteiger partial charge on any atom is -0.492 e. The number of nitrogens with zero attached hydrogens (tertiary/aromatic N) is 1. The van der Waals surface area contributed by atoms with Crippen molar-refractivity contribution in [2.24, 2.45) is 0 Å². The number of benzene rings is 3. The van der Waals surface area contributed by atoms with Gasteiger partial charge in [0.1, 0.15) is 24.7 Å². The van der Waals surface area contributed by atoms with Crippen LogP contribution in [0.4, 0.5) is 10.1 Å². The third-order valence-electron chi connectivity index (χ3n) is 5.42. The van der Waals surface area contributed by atoms with Crippen LogP contribution in [0.5, 0.6) is 5.75 Å². The maximum absolute atomic E-state index is 13.3. The normalized spacial score (nSPS) is 11.7. The molecule has 0 aliphatic carbocycles. The van der Waals surface area contributed by atoms with Gasteiger partial charge in [0.25, 0.3) is 10.0 Å². The molecule has 0 spiro atoms. The Morgan fingerprint density at radius 3 is 2.11 bits per heavy atom. The summed E-state index contributed by atoms with van der Waals surface area (Å²) in [5.41, 5.74) is 2.52. The molecule has 0 aliphatic rings. The van der Waals surface area contributed by atoms with Crippen molar-refractivity contribution >= 4 is 21.6 Å². The van der Waals surface area contributed by atoms with Crippen LogP contribution < -0.4 is 14.4 Å². The fraction of sp³-hybridized carbons (Fsp3) is 0.296. The summed E-state index contributed by atoms with van der Waals surface area (Å²) in [6, 6.07) is 19.1. The van der Waals surface area contributed by atoms with Crippen LogP contribution in [0.1, 0.15) is 31.9 Å². The van der Waals surface area contributed by atoms with E-state index >= 15 is 0 Å². The Morgan fingerprint density at radius 1 is 0.943 bits per heavy atom. The van der Waals surface area contributed by atoms with Gasteiger partial charge in [-0.05, 0) is 66.4 Å². The van der Waals surface area contributed by atoms with Crippen molar-refractivity contribution in [3.63, 3.8) is 0 Å². The predicted octanol–water partition coefficient (Wildman–Crippen LogP) is 4.82. The highest BCUT2D eigenvalue weighted by molar-refractivity contribution is 7.92. The van der Waals surface area contributed by atoms with Crippen LogP contribution in [0.15, 0.2) is 77.7 Å². The van der Waals surface area contributed by atoms with E-state index in [1.807, 2.05) is 31.2 Å². The number of anilines is 1. The van der Waals surface area contributed by atoms with E-state index in [0.717, 1.165) is 22.0 Å². The SMILES string of the molecule is Cc1ccc(N(CC(=O)NCCOc2ccc(C(C)(C)C)cc2)S(=O)(=O)c2ccc(F)cc2)cc1. The Balaban J connectivity index is 1.64. The average molecular weight is 499 g/mol.